The Balaban J connectivity index is 1.47. The van der Waals surface area contributed by atoms with Crippen LogP contribution < -0.4 is 19.7 Å². The molecule has 0 aliphatic carbocycles. The highest BCUT2D eigenvalue weighted by molar-refractivity contribution is 6.31. The molecule has 0 atom stereocenters. The number of carbonyl (C=O) groups excluding carboxylic acids is 1. The fraction of sp³-hybridized carbons (Fsp3) is 0.250. The Kier molecular flexibility index (Phi) is 5.08. The first kappa shape index (κ1) is 19.6. The average molecular weight is 446 g/mol. The maximum absolute atomic E-state index is 13.5. The summed E-state index contributed by atoms with van der Waals surface area (Å²) in [5, 5.41) is 11.1. The highest BCUT2D eigenvalue weighted by Gasteiger charge is 2.25. The van der Waals surface area contributed by atoms with Crippen LogP contribution in [0, 0.1) is 5.82 Å². The van der Waals surface area contributed by atoms with E-state index in [1.165, 1.54) is 23.1 Å². The molecule has 0 spiro atoms. The number of carbonyl (C=O) groups is 1. The van der Waals surface area contributed by atoms with Gasteiger partial charge in [-0.05, 0) is 30.3 Å². The minimum atomic E-state index is -0.565. The molecule has 0 saturated carbocycles. The van der Waals surface area contributed by atoms with E-state index < -0.39 is 11.8 Å². The van der Waals surface area contributed by atoms with Crippen molar-refractivity contribution in [2.75, 3.05) is 23.6 Å². The fourth-order valence-electron chi connectivity index (χ4n) is 3.41. The van der Waals surface area contributed by atoms with Crippen LogP contribution in [-0.4, -0.2) is 34.2 Å². The Morgan fingerprint density at radius 3 is 2.94 bits per heavy atom. The second kappa shape index (κ2) is 8.05. The van der Waals surface area contributed by atoms with E-state index in [0.29, 0.717) is 54.3 Å². The molecule has 2 aromatic carbocycles. The van der Waals surface area contributed by atoms with E-state index in [9.17, 15) is 9.18 Å². The predicted octanol–water partition coefficient (Wildman–Crippen LogP) is 3.57. The molecular weight excluding hydrogens is 429 g/mol. The zero-order valence-corrected chi connectivity index (χ0v) is 16.9. The third-order valence-electron chi connectivity index (χ3n) is 4.98. The van der Waals surface area contributed by atoms with Gasteiger partial charge in [-0.1, -0.05) is 11.6 Å². The lowest BCUT2D eigenvalue weighted by Crippen LogP contribution is -2.36. The number of benzene rings is 2. The Hall–Kier alpha value is -3.37. The van der Waals surface area contributed by atoms with Gasteiger partial charge in [-0.25, -0.2) is 9.18 Å². The van der Waals surface area contributed by atoms with Crippen LogP contribution in [0.1, 0.15) is 11.6 Å². The van der Waals surface area contributed by atoms with E-state index in [2.05, 4.69) is 15.5 Å². The third kappa shape index (κ3) is 3.87. The number of ether oxygens (including phenoxy) is 3. The Bertz CT molecular complexity index is 1150. The minimum Gasteiger partial charge on any atom is -0.454 e. The summed E-state index contributed by atoms with van der Waals surface area (Å²) >= 11 is 5.85. The molecule has 2 aliphatic heterocycles. The number of fused-ring (bicyclic) bond motifs is 2. The van der Waals surface area contributed by atoms with Gasteiger partial charge < -0.3 is 24.1 Å². The number of rotatable bonds is 4. The van der Waals surface area contributed by atoms with Gasteiger partial charge in [0.05, 0.1) is 18.2 Å². The van der Waals surface area contributed by atoms with Crippen molar-refractivity contribution in [2.24, 2.45) is 0 Å². The third-order valence-corrected chi connectivity index (χ3v) is 5.27. The molecule has 9 nitrogen and oxygen atoms in total. The quantitative estimate of drug-likeness (QED) is 0.660. The van der Waals surface area contributed by atoms with Gasteiger partial charge in [0.2, 0.25) is 6.79 Å². The van der Waals surface area contributed by atoms with Crippen molar-refractivity contribution in [1.82, 2.24) is 14.8 Å². The number of amides is 2. The van der Waals surface area contributed by atoms with E-state index in [4.69, 9.17) is 25.8 Å². The first-order valence-corrected chi connectivity index (χ1v) is 9.88. The van der Waals surface area contributed by atoms with Gasteiger partial charge in [0, 0.05) is 24.0 Å². The summed E-state index contributed by atoms with van der Waals surface area (Å²) in [6.07, 6.45) is 0. The highest BCUT2D eigenvalue weighted by Crippen LogP contribution is 2.36. The standard InChI is InChI=1S/C20H17ClFN5O4/c21-14-7-12(1-3-15(14)22)23-20(28)27(13-2-4-16-17(8-13)31-11-30-16)9-18-24-25-19-10-29-6-5-26(18)19/h1-4,7-8H,5-6,9-11H2,(H,23,28). The van der Waals surface area contributed by atoms with Gasteiger partial charge in [-0.3, -0.25) is 4.90 Å². The van der Waals surface area contributed by atoms with Crippen molar-refractivity contribution in [3.8, 4) is 11.5 Å². The average Bonchev–Trinajstić information content (AvgIpc) is 3.41. The van der Waals surface area contributed by atoms with Crippen LogP contribution in [0.4, 0.5) is 20.6 Å². The van der Waals surface area contributed by atoms with Gasteiger partial charge in [0.1, 0.15) is 12.4 Å². The predicted molar refractivity (Wildman–Crippen MR) is 109 cm³/mol. The molecule has 1 aromatic heterocycles. The first-order chi connectivity index (χ1) is 15.1. The summed E-state index contributed by atoms with van der Waals surface area (Å²) in [5.74, 6) is 1.90. The van der Waals surface area contributed by atoms with Crippen molar-refractivity contribution in [3.63, 3.8) is 0 Å². The molecule has 2 aliphatic rings. The molecule has 2 amide bonds. The molecule has 0 fully saturated rings. The summed E-state index contributed by atoms with van der Waals surface area (Å²) < 4.78 is 31.6. The largest absolute Gasteiger partial charge is 0.454 e. The number of halogens is 2. The molecule has 11 heteroatoms. The molecule has 160 valence electrons. The monoisotopic (exact) mass is 445 g/mol. The lowest BCUT2D eigenvalue weighted by molar-refractivity contribution is 0.0806. The van der Waals surface area contributed by atoms with Crippen LogP contribution in [0.2, 0.25) is 5.02 Å². The number of hydrogen-bond acceptors (Lipinski definition) is 6. The molecule has 0 unspecified atom stereocenters. The van der Waals surface area contributed by atoms with Crippen LogP contribution >= 0.6 is 11.6 Å². The Morgan fingerprint density at radius 2 is 2.06 bits per heavy atom. The molecule has 31 heavy (non-hydrogen) atoms. The van der Waals surface area contributed by atoms with Gasteiger partial charge in [0.25, 0.3) is 0 Å². The van der Waals surface area contributed by atoms with Crippen molar-refractivity contribution in [1.29, 1.82) is 0 Å². The van der Waals surface area contributed by atoms with E-state index in [-0.39, 0.29) is 18.4 Å². The highest BCUT2D eigenvalue weighted by atomic mass is 35.5. The lowest BCUT2D eigenvalue weighted by Gasteiger charge is -2.24. The molecule has 5 rings (SSSR count). The second-order valence-corrected chi connectivity index (χ2v) is 7.33. The molecule has 1 N–H and O–H groups in total. The van der Waals surface area contributed by atoms with Gasteiger partial charge in [-0.15, -0.1) is 10.2 Å². The Morgan fingerprint density at radius 1 is 1.19 bits per heavy atom. The summed E-state index contributed by atoms with van der Waals surface area (Å²) in [5.41, 5.74) is 0.929. The van der Waals surface area contributed by atoms with Crippen molar-refractivity contribution >= 4 is 29.0 Å². The summed E-state index contributed by atoms with van der Waals surface area (Å²) in [6.45, 7) is 1.78. The van der Waals surface area contributed by atoms with Crippen molar-refractivity contribution in [2.45, 2.75) is 19.7 Å². The smallest absolute Gasteiger partial charge is 0.326 e. The molecular formula is C20H17ClFN5O4. The summed E-state index contributed by atoms with van der Waals surface area (Å²) in [4.78, 5) is 14.7. The van der Waals surface area contributed by atoms with Crippen LogP contribution in [-0.2, 0) is 24.4 Å². The molecule has 3 heterocycles. The normalized spacial score (nSPS) is 14.3. The summed E-state index contributed by atoms with van der Waals surface area (Å²) in [7, 11) is 0. The molecule has 0 radical (unpaired) electrons. The molecule has 3 aromatic rings. The molecule has 0 bridgehead atoms. The topological polar surface area (TPSA) is 90.7 Å². The minimum absolute atomic E-state index is 0.0843. The molecule has 0 saturated heterocycles. The van der Waals surface area contributed by atoms with Gasteiger partial charge in [0.15, 0.2) is 23.1 Å². The van der Waals surface area contributed by atoms with E-state index in [1.54, 1.807) is 18.2 Å². The number of hydrogen-bond donors (Lipinski definition) is 1. The zero-order chi connectivity index (χ0) is 21.4. The second-order valence-electron chi connectivity index (χ2n) is 6.92. The van der Waals surface area contributed by atoms with E-state index in [0.717, 1.165) is 0 Å². The SMILES string of the molecule is O=C(Nc1ccc(F)c(Cl)c1)N(Cc1nnc2n1CCOC2)c1ccc2c(c1)OCO2. The number of anilines is 2. The summed E-state index contributed by atoms with van der Waals surface area (Å²) in [6, 6.07) is 8.73. The van der Waals surface area contributed by atoms with Crippen LogP contribution in [0.25, 0.3) is 0 Å². The van der Waals surface area contributed by atoms with E-state index in [1.807, 2.05) is 4.57 Å². The van der Waals surface area contributed by atoms with Gasteiger partial charge in [-0.2, -0.15) is 0 Å². The zero-order valence-electron chi connectivity index (χ0n) is 16.2. The van der Waals surface area contributed by atoms with Crippen molar-refractivity contribution < 1.29 is 23.4 Å². The fourth-order valence-corrected chi connectivity index (χ4v) is 3.59. The Labute approximate surface area is 181 Å². The number of nitrogens with zero attached hydrogens (tertiary/aromatic N) is 4. The van der Waals surface area contributed by atoms with E-state index >= 15 is 0 Å². The maximum Gasteiger partial charge on any atom is 0.326 e. The van der Waals surface area contributed by atoms with Crippen LogP contribution in [0.15, 0.2) is 36.4 Å². The lowest BCUT2D eigenvalue weighted by atomic mass is 10.2. The number of urea groups is 1. The number of nitrogens with one attached hydrogen (secondary N) is 1. The number of aromatic nitrogens is 3. The maximum atomic E-state index is 13.5. The van der Waals surface area contributed by atoms with Crippen LogP contribution in [0.3, 0.4) is 0 Å². The van der Waals surface area contributed by atoms with Gasteiger partial charge >= 0.3 is 6.03 Å². The first-order valence-electron chi connectivity index (χ1n) is 9.50. The van der Waals surface area contributed by atoms with Crippen molar-refractivity contribution in [3.05, 3.63) is 58.9 Å². The van der Waals surface area contributed by atoms with Crippen LogP contribution in [0.5, 0.6) is 11.5 Å².